The Balaban J connectivity index is 1.73. The summed E-state index contributed by atoms with van der Waals surface area (Å²) in [6.45, 7) is 4.94. The number of benzene rings is 2. The van der Waals surface area contributed by atoms with E-state index in [0.29, 0.717) is 11.3 Å². The molecule has 28 heavy (non-hydrogen) atoms. The van der Waals surface area contributed by atoms with Crippen molar-refractivity contribution in [2.45, 2.75) is 20.8 Å². The standard InChI is InChI=1S/C22H21NO5/c1-13-9-14(2)19(15(3)10-13)17(24)12-28-22(26)20-18(25)11-27-21(20)23-16-7-5-4-6-8-16/h4-10,23H,11-12H2,1-3H3. The van der Waals surface area contributed by atoms with Gasteiger partial charge in [0, 0.05) is 11.3 Å². The minimum atomic E-state index is -0.878. The number of rotatable bonds is 6. The molecular weight excluding hydrogens is 358 g/mol. The molecule has 1 heterocycles. The summed E-state index contributed by atoms with van der Waals surface area (Å²) in [4.78, 5) is 37.1. The number of carbonyl (C=O) groups is 3. The number of hydrogen-bond donors (Lipinski definition) is 1. The maximum absolute atomic E-state index is 12.5. The molecule has 0 aliphatic carbocycles. The molecule has 2 aromatic rings. The lowest BCUT2D eigenvalue weighted by molar-refractivity contribution is -0.139. The van der Waals surface area contributed by atoms with E-state index in [2.05, 4.69) is 5.32 Å². The van der Waals surface area contributed by atoms with Crippen LogP contribution in [0.4, 0.5) is 5.69 Å². The fourth-order valence-corrected chi connectivity index (χ4v) is 3.26. The highest BCUT2D eigenvalue weighted by molar-refractivity contribution is 6.20. The van der Waals surface area contributed by atoms with Crippen molar-refractivity contribution >= 4 is 23.2 Å². The van der Waals surface area contributed by atoms with Crippen LogP contribution in [0.5, 0.6) is 0 Å². The van der Waals surface area contributed by atoms with Crippen molar-refractivity contribution < 1.29 is 23.9 Å². The van der Waals surface area contributed by atoms with Gasteiger partial charge in [0.15, 0.2) is 18.8 Å². The number of Topliss-reactive ketones (excluding diaryl/α,β-unsaturated/α-hetero) is 2. The Labute approximate surface area is 163 Å². The summed E-state index contributed by atoms with van der Waals surface area (Å²) in [6, 6.07) is 12.8. The van der Waals surface area contributed by atoms with Crippen molar-refractivity contribution in [3.8, 4) is 0 Å². The molecule has 0 atom stereocenters. The molecule has 0 aromatic heterocycles. The third-order valence-electron chi connectivity index (χ3n) is 4.38. The molecule has 0 saturated carbocycles. The minimum Gasteiger partial charge on any atom is -0.470 e. The fraction of sp³-hybridized carbons (Fsp3) is 0.227. The molecule has 0 saturated heterocycles. The van der Waals surface area contributed by atoms with Crippen LogP contribution in [0.15, 0.2) is 53.9 Å². The fourth-order valence-electron chi connectivity index (χ4n) is 3.26. The smallest absolute Gasteiger partial charge is 0.347 e. The van der Waals surface area contributed by atoms with E-state index in [1.54, 1.807) is 12.1 Å². The third kappa shape index (κ3) is 4.11. The first-order valence-corrected chi connectivity index (χ1v) is 8.87. The van der Waals surface area contributed by atoms with Gasteiger partial charge in [0.05, 0.1) is 0 Å². The molecule has 0 radical (unpaired) electrons. The Hall–Kier alpha value is -3.41. The lowest BCUT2D eigenvalue weighted by Crippen LogP contribution is -2.21. The number of ketones is 2. The Kier molecular flexibility index (Phi) is 5.59. The molecule has 1 N–H and O–H groups in total. The maximum Gasteiger partial charge on any atom is 0.347 e. The SMILES string of the molecule is Cc1cc(C)c(C(=O)COC(=O)C2=C(Nc3ccccc3)OCC2=O)c(C)c1. The van der Waals surface area contributed by atoms with Gasteiger partial charge in [-0.3, -0.25) is 9.59 Å². The largest absolute Gasteiger partial charge is 0.470 e. The molecule has 6 heteroatoms. The first-order valence-electron chi connectivity index (χ1n) is 8.87. The number of para-hydroxylation sites is 1. The van der Waals surface area contributed by atoms with Crippen LogP contribution in [0, 0.1) is 20.8 Å². The predicted molar refractivity (Wildman–Crippen MR) is 104 cm³/mol. The van der Waals surface area contributed by atoms with Gasteiger partial charge in [0.2, 0.25) is 17.4 Å². The molecule has 0 amide bonds. The number of hydrogen-bond acceptors (Lipinski definition) is 6. The van der Waals surface area contributed by atoms with Gasteiger partial charge in [-0.25, -0.2) is 4.79 Å². The highest BCUT2D eigenvalue weighted by atomic mass is 16.5. The van der Waals surface area contributed by atoms with Crippen molar-refractivity contribution in [3.63, 3.8) is 0 Å². The van der Waals surface area contributed by atoms with E-state index in [4.69, 9.17) is 9.47 Å². The number of aryl methyl sites for hydroxylation is 3. The van der Waals surface area contributed by atoms with Crippen LogP contribution in [-0.2, 0) is 19.1 Å². The van der Waals surface area contributed by atoms with Crippen molar-refractivity contribution in [2.24, 2.45) is 0 Å². The molecule has 2 aromatic carbocycles. The quantitative estimate of drug-likeness (QED) is 0.471. The van der Waals surface area contributed by atoms with Gasteiger partial charge in [-0.15, -0.1) is 0 Å². The highest BCUT2D eigenvalue weighted by Crippen LogP contribution is 2.21. The molecule has 1 aliphatic heterocycles. The predicted octanol–water partition coefficient (Wildman–Crippen LogP) is 3.26. The second kappa shape index (κ2) is 8.08. The zero-order chi connectivity index (χ0) is 20.3. The maximum atomic E-state index is 12.5. The summed E-state index contributed by atoms with van der Waals surface area (Å²) < 4.78 is 10.4. The molecule has 0 bridgehead atoms. The van der Waals surface area contributed by atoms with Crippen molar-refractivity contribution in [3.05, 3.63) is 76.2 Å². The van der Waals surface area contributed by atoms with Gasteiger partial charge in [-0.1, -0.05) is 35.9 Å². The summed E-state index contributed by atoms with van der Waals surface area (Å²) in [6.07, 6.45) is 0. The first-order chi connectivity index (χ1) is 13.4. The van der Waals surface area contributed by atoms with Crippen molar-refractivity contribution in [1.82, 2.24) is 0 Å². The lowest BCUT2D eigenvalue weighted by atomic mass is 9.97. The van der Waals surface area contributed by atoms with Crippen molar-refractivity contribution in [2.75, 3.05) is 18.5 Å². The second-order valence-corrected chi connectivity index (χ2v) is 6.68. The van der Waals surface area contributed by atoms with Gasteiger partial charge in [0.1, 0.15) is 0 Å². The Morgan fingerprint density at radius 2 is 1.71 bits per heavy atom. The van der Waals surface area contributed by atoms with Crippen LogP contribution in [0.2, 0.25) is 0 Å². The average Bonchev–Trinajstić information content (AvgIpc) is 3.00. The number of esters is 1. The van der Waals surface area contributed by atoms with Gasteiger partial charge in [-0.05, 0) is 44.0 Å². The molecule has 0 fully saturated rings. The Bertz CT molecular complexity index is 953. The molecular formula is C22H21NO5. The summed E-state index contributed by atoms with van der Waals surface area (Å²) in [7, 11) is 0. The first kappa shape index (κ1) is 19.4. The lowest BCUT2D eigenvalue weighted by Gasteiger charge is -2.11. The second-order valence-electron chi connectivity index (χ2n) is 6.68. The van der Waals surface area contributed by atoms with Gasteiger partial charge in [0.25, 0.3) is 0 Å². The van der Waals surface area contributed by atoms with Crippen LogP contribution < -0.4 is 5.32 Å². The highest BCUT2D eigenvalue weighted by Gasteiger charge is 2.33. The molecule has 3 rings (SSSR count). The minimum absolute atomic E-state index is 0.0383. The van der Waals surface area contributed by atoms with Gasteiger partial charge < -0.3 is 14.8 Å². The van der Waals surface area contributed by atoms with Gasteiger partial charge in [-0.2, -0.15) is 0 Å². The number of carbonyl (C=O) groups excluding carboxylic acids is 3. The summed E-state index contributed by atoms with van der Waals surface area (Å²) >= 11 is 0. The van der Waals surface area contributed by atoms with Crippen LogP contribution in [0.25, 0.3) is 0 Å². The molecule has 144 valence electrons. The average molecular weight is 379 g/mol. The van der Waals surface area contributed by atoms with Crippen LogP contribution in [-0.4, -0.2) is 30.7 Å². The number of nitrogens with one attached hydrogen (secondary N) is 1. The Morgan fingerprint density at radius 1 is 1.07 bits per heavy atom. The van der Waals surface area contributed by atoms with Crippen LogP contribution >= 0.6 is 0 Å². The normalized spacial score (nSPS) is 13.3. The van der Waals surface area contributed by atoms with E-state index >= 15 is 0 Å². The third-order valence-corrected chi connectivity index (χ3v) is 4.38. The molecule has 0 spiro atoms. The zero-order valence-corrected chi connectivity index (χ0v) is 16.0. The Morgan fingerprint density at radius 3 is 2.36 bits per heavy atom. The summed E-state index contributed by atoms with van der Waals surface area (Å²) in [5.41, 5.74) is 3.69. The van der Waals surface area contributed by atoms with Crippen LogP contribution in [0.3, 0.4) is 0 Å². The number of anilines is 1. The molecule has 0 unspecified atom stereocenters. The molecule has 1 aliphatic rings. The van der Waals surface area contributed by atoms with Crippen molar-refractivity contribution in [1.29, 1.82) is 0 Å². The van der Waals surface area contributed by atoms with E-state index in [1.165, 1.54) is 0 Å². The topological polar surface area (TPSA) is 81.7 Å². The summed E-state index contributed by atoms with van der Waals surface area (Å²) in [5, 5.41) is 2.90. The van der Waals surface area contributed by atoms with Gasteiger partial charge >= 0.3 is 5.97 Å². The zero-order valence-electron chi connectivity index (χ0n) is 16.0. The monoisotopic (exact) mass is 379 g/mol. The van der Waals surface area contributed by atoms with E-state index in [-0.39, 0.29) is 23.8 Å². The van der Waals surface area contributed by atoms with Crippen LogP contribution in [0.1, 0.15) is 27.0 Å². The molecule has 6 nitrogen and oxygen atoms in total. The van der Waals surface area contributed by atoms with E-state index in [1.807, 2.05) is 51.1 Å². The van der Waals surface area contributed by atoms with E-state index in [9.17, 15) is 14.4 Å². The van der Waals surface area contributed by atoms with E-state index in [0.717, 1.165) is 16.7 Å². The summed E-state index contributed by atoms with van der Waals surface area (Å²) in [5.74, 6) is -1.64. The number of ether oxygens (including phenoxy) is 2. The van der Waals surface area contributed by atoms with E-state index < -0.39 is 18.4 Å².